The first-order valence-electron chi connectivity index (χ1n) is 8.08. The first-order valence-corrected chi connectivity index (χ1v) is 9.75. The maximum absolute atomic E-state index is 10.7. The number of aromatic carboxylic acids is 1. The predicted octanol–water partition coefficient (Wildman–Crippen LogP) is 2.95. The molecule has 1 amide bonds. The standard InChI is InChI=1S/C8H8N2O4.C7H6O2S.C2H3N3S2/c9-8(11)7-3-1-2-6(4-7)5-14-10(12)13;8-7(9)5-1-3-6(10)4-2-5;3-1-4-5-2(6)7-1/h1-4H,5H2,(H2,9,11);1-4,10H,(H,8,9);(H2,3,4)(H,5,6). The fourth-order valence-corrected chi connectivity index (χ4v) is 2.61. The van der Waals surface area contributed by atoms with Gasteiger partial charge in [0.05, 0.1) is 5.56 Å². The summed E-state index contributed by atoms with van der Waals surface area (Å²) in [7, 11) is 0. The summed E-state index contributed by atoms with van der Waals surface area (Å²) in [6, 6.07) is 12.5. The van der Waals surface area contributed by atoms with E-state index < -0.39 is 17.0 Å². The van der Waals surface area contributed by atoms with Gasteiger partial charge in [-0.25, -0.2) is 4.79 Å². The summed E-state index contributed by atoms with van der Waals surface area (Å²) >= 11 is 9.93. The van der Waals surface area contributed by atoms with Gasteiger partial charge in [-0.2, -0.15) is 0 Å². The Bertz CT molecular complexity index is 1080. The molecule has 1 aromatic heterocycles. The predicted molar refractivity (Wildman–Crippen MR) is 119 cm³/mol. The number of nitrogens with two attached hydrogens (primary N) is 2. The number of primary amides is 1. The summed E-state index contributed by atoms with van der Waals surface area (Å²) in [5, 5.41) is 24.0. The van der Waals surface area contributed by atoms with Crippen molar-refractivity contribution in [3.63, 3.8) is 0 Å². The number of hydrogen-bond acceptors (Lipinski definition) is 10. The third-order valence-corrected chi connectivity index (χ3v) is 4.33. The minimum Gasteiger partial charge on any atom is -0.478 e. The second-order valence-electron chi connectivity index (χ2n) is 5.37. The van der Waals surface area contributed by atoms with Crippen molar-refractivity contribution in [2.24, 2.45) is 5.73 Å². The Balaban J connectivity index is 0.000000247. The van der Waals surface area contributed by atoms with Crippen molar-refractivity contribution in [1.29, 1.82) is 0 Å². The average molecular weight is 484 g/mol. The number of nitrogens with zero attached hydrogens (tertiary/aromatic N) is 2. The zero-order chi connectivity index (χ0) is 23.4. The Morgan fingerprint density at radius 2 is 1.90 bits per heavy atom. The molecule has 0 fully saturated rings. The number of amides is 1. The molecule has 3 rings (SSSR count). The molecule has 0 spiro atoms. The van der Waals surface area contributed by atoms with Crippen molar-refractivity contribution < 1.29 is 24.6 Å². The van der Waals surface area contributed by atoms with Gasteiger partial charge < -0.3 is 21.4 Å². The van der Waals surface area contributed by atoms with Gasteiger partial charge in [-0.1, -0.05) is 23.5 Å². The number of hydrogen-bond donors (Lipinski definition) is 5. The number of thiol groups is 1. The highest BCUT2D eigenvalue weighted by molar-refractivity contribution is 7.80. The van der Waals surface area contributed by atoms with Gasteiger partial charge in [0, 0.05) is 10.5 Å². The van der Waals surface area contributed by atoms with Crippen molar-refractivity contribution in [1.82, 2.24) is 10.2 Å². The molecule has 0 bridgehead atoms. The molecule has 11 nitrogen and oxygen atoms in total. The number of nitrogen functional groups attached to an aromatic ring is 1. The number of nitrogens with one attached hydrogen (secondary N) is 1. The van der Waals surface area contributed by atoms with Gasteiger partial charge in [0.25, 0.3) is 5.09 Å². The summed E-state index contributed by atoms with van der Waals surface area (Å²) in [6.07, 6.45) is 0. The quantitative estimate of drug-likeness (QED) is 0.157. The van der Waals surface area contributed by atoms with E-state index >= 15 is 0 Å². The molecule has 0 saturated carbocycles. The van der Waals surface area contributed by atoms with Crippen molar-refractivity contribution in [2.75, 3.05) is 5.73 Å². The van der Waals surface area contributed by atoms with E-state index in [1.807, 2.05) is 0 Å². The SMILES string of the molecule is NC(=O)c1cccc(CO[N+](=O)[O-])c1.Nc1n[nH]c(=S)s1.O=C(O)c1ccc(S)cc1. The summed E-state index contributed by atoms with van der Waals surface area (Å²) in [5.74, 6) is -1.48. The third-order valence-electron chi connectivity index (χ3n) is 3.12. The van der Waals surface area contributed by atoms with Crippen LogP contribution in [-0.4, -0.2) is 32.3 Å². The van der Waals surface area contributed by atoms with Crippen LogP contribution in [0.3, 0.4) is 0 Å². The van der Waals surface area contributed by atoms with Crippen molar-refractivity contribution in [3.8, 4) is 0 Å². The number of benzene rings is 2. The van der Waals surface area contributed by atoms with E-state index in [0.717, 1.165) is 4.90 Å². The number of aromatic nitrogens is 2. The molecule has 0 saturated heterocycles. The van der Waals surface area contributed by atoms with Gasteiger partial charge in [0.15, 0.2) is 3.95 Å². The van der Waals surface area contributed by atoms with Crippen molar-refractivity contribution in [3.05, 3.63) is 79.3 Å². The highest BCUT2D eigenvalue weighted by Gasteiger charge is 2.02. The van der Waals surface area contributed by atoms with Gasteiger partial charge in [-0.3, -0.25) is 9.89 Å². The second kappa shape index (κ2) is 12.9. The maximum Gasteiger partial charge on any atom is 0.335 e. The molecule has 0 aliphatic heterocycles. The van der Waals surface area contributed by atoms with Crippen LogP contribution in [0.25, 0.3) is 0 Å². The number of H-pyrrole nitrogens is 1. The highest BCUT2D eigenvalue weighted by atomic mass is 32.1. The van der Waals surface area contributed by atoms with Crippen molar-refractivity contribution in [2.45, 2.75) is 11.5 Å². The fraction of sp³-hybridized carbons (Fsp3) is 0.0588. The molecule has 164 valence electrons. The van der Waals surface area contributed by atoms with E-state index in [2.05, 4.69) is 39.9 Å². The number of carbonyl (C=O) groups is 2. The summed E-state index contributed by atoms with van der Waals surface area (Å²) < 4.78 is 0.623. The summed E-state index contributed by atoms with van der Waals surface area (Å²) in [4.78, 5) is 35.8. The number of carboxylic acids is 1. The van der Waals surface area contributed by atoms with Gasteiger partial charge in [-0.15, -0.1) is 27.8 Å². The number of aromatic amines is 1. The van der Waals surface area contributed by atoms with Gasteiger partial charge in [0.2, 0.25) is 11.0 Å². The first-order chi connectivity index (χ1) is 14.6. The molecule has 0 atom stereocenters. The largest absolute Gasteiger partial charge is 0.478 e. The third kappa shape index (κ3) is 10.7. The lowest BCUT2D eigenvalue weighted by molar-refractivity contribution is -0.763. The fourth-order valence-electron chi connectivity index (χ4n) is 1.79. The molecule has 0 aliphatic carbocycles. The van der Waals surface area contributed by atoms with E-state index in [0.29, 0.717) is 20.2 Å². The minimum absolute atomic E-state index is 0.186. The number of rotatable bonds is 5. The zero-order valence-corrected chi connectivity index (χ0v) is 18.2. The van der Waals surface area contributed by atoms with E-state index in [4.69, 9.17) is 16.6 Å². The molecule has 3 aromatic rings. The molecule has 2 aromatic carbocycles. The Morgan fingerprint density at radius 1 is 1.26 bits per heavy atom. The molecule has 1 heterocycles. The van der Waals surface area contributed by atoms with Gasteiger partial charge >= 0.3 is 5.97 Å². The Morgan fingerprint density at radius 3 is 2.32 bits per heavy atom. The Kier molecular flexibility index (Phi) is 10.7. The average Bonchev–Trinajstić information content (AvgIpc) is 3.10. The van der Waals surface area contributed by atoms with Crippen LogP contribution in [0.2, 0.25) is 0 Å². The van der Waals surface area contributed by atoms with Gasteiger partial charge in [0.1, 0.15) is 6.61 Å². The Hall–Kier alpha value is -3.49. The lowest BCUT2D eigenvalue weighted by Gasteiger charge is -2.00. The van der Waals surface area contributed by atoms with Crippen LogP contribution in [0.4, 0.5) is 5.13 Å². The highest BCUT2D eigenvalue weighted by Crippen LogP contribution is 2.07. The van der Waals surface area contributed by atoms with E-state index in [9.17, 15) is 19.7 Å². The molecule has 14 heteroatoms. The van der Waals surface area contributed by atoms with Crippen LogP contribution in [0, 0.1) is 14.1 Å². The summed E-state index contributed by atoms with van der Waals surface area (Å²) in [5.41, 5.74) is 11.3. The minimum atomic E-state index is -0.909. The zero-order valence-electron chi connectivity index (χ0n) is 15.6. The van der Waals surface area contributed by atoms with E-state index in [1.165, 1.54) is 35.6 Å². The molecular formula is C17H17N5O6S3. The lowest BCUT2D eigenvalue weighted by atomic mass is 10.1. The van der Waals surface area contributed by atoms with Crippen LogP contribution in [0.1, 0.15) is 26.3 Å². The lowest BCUT2D eigenvalue weighted by Crippen LogP contribution is -2.11. The van der Waals surface area contributed by atoms with Crippen LogP contribution >= 0.6 is 36.2 Å². The maximum atomic E-state index is 10.7. The molecule has 0 aliphatic rings. The molecular weight excluding hydrogens is 466 g/mol. The van der Waals surface area contributed by atoms with Crippen molar-refractivity contribution >= 4 is 53.2 Å². The topological polar surface area (TPSA) is 187 Å². The molecule has 0 unspecified atom stereocenters. The van der Waals surface area contributed by atoms with E-state index in [1.54, 1.807) is 24.3 Å². The molecule has 6 N–H and O–H groups in total. The number of anilines is 1. The molecule has 0 radical (unpaired) electrons. The van der Waals surface area contributed by atoms with Crippen LogP contribution in [0.15, 0.2) is 53.4 Å². The van der Waals surface area contributed by atoms with Gasteiger partial charge in [-0.05, 0) is 54.2 Å². The van der Waals surface area contributed by atoms with Crippen LogP contribution in [-0.2, 0) is 11.4 Å². The van der Waals surface area contributed by atoms with Crippen LogP contribution < -0.4 is 11.5 Å². The number of carboxylic acid groups (broad SMARTS) is 1. The normalized spacial score (nSPS) is 9.32. The van der Waals surface area contributed by atoms with E-state index in [-0.39, 0.29) is 12.2 Å². The monoisotopic (exact) mass is 483 g/mol. The Labute approximate surface area is 190 Å². The smallest absolute Gasteiger partial charge is 0.335 e. The first kappa shape index (κ1) is 25.5. The molecule has 31 heavy (non-hydrogen) atoms. The summed E-state index contributed by atoms with van der Waals surface area (Å²) in [6.45, 7) is -0.186. The second-order valence-corrected chi connectivity index (χ2v) is 7.58. The van der Waals surface area contributed by atoms with Crippen LogP contribution in [0.5, 0.6) is 0 Å². The number of carbonyl (C=O) groups excluding carboxylic acids is 1.